The lowest BCUT2D eigenvalue weighted by Crippen LogP contribution is -2.19. The molecule has 23 heavy (non-hydrogen) atoms. The number of esters is 1. The van der Waals surface area contributed by atoms with Gasteiger partial charge in [0.15, 0.2) is 11.6 Å². The van der Waals surface area contributed by atoms with Crippen molar-refractivity contribution >= 4 is 5.97 Å². The Morgan fingerprint density at radius 1 is 1.43 bits per heavy atom. The first-order valence-corrected chi connectivity index (χ1v) is 7.24. The number of rotatable bonds is 5. The minimum Gasteiger partial charge on any atom is -0.466 e. The molecule has 0 radical (unpaired) electrons. The highest BCUT2D eigenvalue weighted by Crippen LogP contribution is 2.29. The number of carbonyl (C=O) groups excluding carboxylic acids is 1. The number of carbonyl (C=O) groups is 1. The van der Waals surface area contributed by atoms with Crippen LogP contribution in [0.15, 0.2) is 18.3 Å². The molecule has 1 atom stereocenters. The van der Waals surface area contributed by atoms with Crippen molar-refractivity contribution in [1.29, 1.82) is 0 Å². The van der Waals surface area contributed by atoms with Gasteiger partial charge in [0.2, 0.25) is 0 Å². The predicted octanol–water partition coefficient (Wildman–Crippen LogP) is 2.63. The standard InChI is InChI=1S/C16H19F2N3O2/c1-4-23-14(22)7-13(19)11-5-10(6-12(17)15(11)18)16-9(2)8-20-21(16)3/h5-6,8,13H,4,7,19H2,1-3H3/t13-/m0/s1. The average molecular weight is 323 g/mol. The third-order valence-corrected chi connectivity index (χ3v) is 3.54. The van der Waals surface area contributed by atoms with Crippen LogP contribution in [0.4, 0.5) is 8.78 Å². The zero-order valence-corrected chi connectivity index (χ0v) is 13.3. The summed E-state index contributed by atoms with van der Waals surface area (Å²) in [6.07, 6.45) is 1.41. The summed E-state index contributed by atoms with van der Waals surface area (Å²) >= 11 is 0. The van der Waals surface area contributed by atoms with Crippen LogP contribution in [0.25, 0.3) is 11.3 Å². The van der Waals surface area contributed by atoms with Crippen LogP contribution in [0.3, 0.4) is 0 Å². The van der Waals surface area contributed by atoms with Gasteiger partial charge in [-0.2, -0.15) is 5.10 Å². The molecule has 2 N–H and O–H groups in total. The molecule has 0 saturated heterocycles. The number of aryl methyl sites for hydroxylation is 2. The highest BCUT2D eigenvalue weighted by atomic mass is 19.2. The molecular formula is C16H19F2N3O2. The number of halogens is 2. The summed E-state index contributed by atoms with van der Waals surface area (Å²) in [5.41, 5.74) is 7.74. The summed E-state index contributed by atoms with van der Waals surface area (Å²) in [6.45, 7) is 3.69. The third-order valence-electron chi connectivity index (χ3n) is 3.54. The molecule has 0 aliphatic rings. The van der Waals surface area contributed by atoms with E-state index in [1.807, 2.05) is 6.92 Å². The minimum atomic E-state index is -1.05. The maximum absolute atomic E-state index is 14.1. The summed E-state index contributed by atoms with van der Waals surface area (Å²) in [4.78, 5) is 11.5. The molecule has 5 nitrogen and oxygen atoms in total. The van der Waals surface area contributed by atoms with Gasteiger partial charge in [-0.25, -0.2) is 8.78 Å². The number of benzene rings is 1. The van der Waals surface area contributed by atoms with Gasteiger partial charge in [-0.15, -0.1) is 0 Å². The average Bonchev–Trinajstić information content (AvgIpc) is 2.81. The molecular weight excluding hydrogens is 304 g/mol. The molecule has 0 amide bonds. The summed E-state index contributed by atoms with van der Waals surface area (Å²) in [6, 6.07) is 1.56. The molecule has 0 fully saturated rings. The molecule has 1 heterocycles. The van der Waals surface area contributed by atoms with Gasteiger partial charge in [0.25, 0.3) is 0 Å². The van der Waals surface area contributed by atoms with E-state index in [1.165, 1.54) is 6.07 Å². The van der Waals surface area contributed by atoms with Crippen LogP contribution in [0, 0.1) is 18.6 Å². The Bertz CT molecular complexity index is 709. The second-order valence-electron chi connectivity index (χ2n) is 5.28. The molecule has 0 saturated carbocycles. The largest absolute Gasteiger partial charge is 0.466 e. The minimum absolute atomic E-state index is 0.0614. The topological polar surface area (TPSA) is 70.1 Å². The molecule has 1 aromatic carbocycles. The molecule has 0 aliphatic heterocycles. The van der Waals surface area contributed by atoms with E-state index in [4.69, 9.17) is 10.5 Å². The van der Waals surface area contributed by atoms with Crippen LogP contribution in [-0.4, -0.2) is 22.4 Å². The summed E-state index contributed by atoms with van der Waals surface area (Å²) in [7, 11) is 1.71. The fourth-order valence-electron chi connectivity index (χ4n) is 2.49. The van der Waals surface area contributed by atoms with Crippen LogP contribution in [-0.2, 0) is 16.6 Å². The Morgan fingerprint density at radius 2 is 2.13 bits per heavy atom. The number of nitrogens with two attached hydrogens (primary N) is 1. The Morgan fingerprint density at radius 3 is 2.70 bits per heavy atom. The van der Waals surface area contributed by atoms with Gasteiger partial charge in [-0.3, -0.25) is 9.48 Å². The summed E-state index contributed by atoms with van der Waals surface area (Å²) in [5, 5.41) is 4.09. The van der Waals surface area contributed by atoms with Gasteiger partial charge in [-0.1, -0.05) is 0 Å². The van der Waals surface area contributed by atoms with Crippen molar-refractivity contribution < 1.29 is 18.3 Å². The second-order valence-corrected chi connectivity index (χ2v) is 5.28. The van der Waals surface area contributed by atoms with Crippen molar-refractivity contribution in [2.45, 2.75) is 26.3 Å². The van der Waals surface area contributed by atoms with E-state index in [9.17, 15) is 13.6 Å². The molecule has 0 unspecified atom stereocenters. The van der Waals surface area contributed by atoms with Gasteiger partial charge >= 0.3 is 5.97 Å². The van der Waals surface area contributed by atoms with Crippen molar-refractivity contribution in [3.8, 4) is 11.3 Å². The monoisotopic (exact) mass is 323 g/mol. The van der Waals surface area contributed by atoms with Crippen molar-refractivity contribution in [3.63, 3.8) is 0 Å². The van der Waals surface area contributed by atoms with E-state index in [2.05, 4.69) is 5.10 Å². The Balaban J connectivity index is 2.43. The molecule has 0 spiro atoms. The second kappa shape index (κ2) is 6.87. The highest BCUT2D eigenvalue weighted by Gasteiger charge is 2.21. The quantitative estimate of drug-likeness (QED) is 0.859. The smallest absolute Gasteiger partial charge is 0.307 e. The van der Waals surface area contributed by atoms with Gasteiger partial charge < -0.3 is 10.5 Å². The Kier molecular flexibility index (Phi) is 5.10. The SMILES string of the molecule is CCOC(=O)C[C@H](N)c1cc(-c2c(C)cnn2C)cc(F)c1F. The molecule has 1 aromatic heterocycles. The number of ether oxygens (including phenoxy) is 1. The van der Waals surface area contributed by atoms with Gasteiger partial charge in [0.05, 0.1) is 24.9 Å². The first-order chi connectivity index (χ1) is 10.8. The highest BCUT2D eigenvalue weighted by molar-refractivity contribution is 5.71. The molecule has 2 rings (SSSR count). The molecule has 7 heteroatoms. The molecule has 0 aliphatic carbocycles. The van der Waals surface area contributed by atoms with Crippen molar-refractivity contribution in [2.75, 3.05) is 6.61 Å². The van der Waals surface area contributed by atoms with Crippen molar-refractivity contribution in [2.24, 2.45) is 12.8 Å². The van der Waals surface area contributed by atoms with Crippen LogP contribution in [0.2, 0.25) is 0 Å². The predicted molar refractivity (Wildman–Crippen MR) is 81.5 cm³/mol. The van der Waals surface area contributed by atoms with E-state index >= 15 is 0 Å². The third kappa shape index (κ3) is 3.56. The normalized spacial score (nSPS) is 12.3. The molecule has 124 valence electrons. The maximum atomic E-state index is 14.1. The summed E-state index contributed by atoms with van der Waals surface area (Å²) < 4.78 is 34.4. The zero-order chi connectivity index (χ0) is 17.1. The van der Waals surface area contributed by atoms with E-state index in [0.29, 0.717) is 11.3 Å². The lowest BCUT2D eigenvalue weighted by Gasteiger charge is -2.15. The zero-order valence-electron chi connectivity index (χ0n) is 13.3. The van der Waals surface area contributed by atoms with E-state index in [-0.39, 0.29) is 18.6 Å². The van der Waals surface area contributed by atoms with Crippen molar-refractivity contribution in [3.05, 3.63) is 41.1 Å². The van der Waals surface area contributed by atoms with E-state index in [1.54, 1.807) is 24.9 Å². The van der Waals surface area contributed by atoms with Crippen molar-refractivity contribution in [1.82, 2.24) is 9.78 Å². The lowest BCUT2D eigenvalue weighted by molar-refractivity contribution is -0.143. The Labute approximate surface area is 133 Å². The van der Waals surface area contributed by atoms with Gasteiger partial charge in [-0.05, 0) is 31.5 Å². The first-order valence-electron chi connectivity index (χ1n) is 7.24. The van der Waals surface area contributed by atoms with Gasteiger partial charge in [0, 0.05) is 24.2 Å². The fourth-order valence-corrected chi connectivity index (χ4v) is 2.49. The number of hydrogen-bond acceptors (Lipinski definition) is 4. The lowest BCUT2D eigenvalue weighted by atomic mass is 9.98. The number of hydrogen-bond donors (Lipinski definition) is 1. The van der Waals surface area contributed by atoms with Crippen LogP contribution in [0.1, 0.15) is 30.5 Å². The van der Waals surface area contributed by atoms with E-state index in [0.717, 1.165) is 11.6 Å². The first kappa shape index (κ1) is 17.1. The van der Waals surface area contributed by atoms with Crippen LogP contribution < -0.4 is 5.73 Å². The molecule has 0 bridgehead atoms. The Hall–Kier alpha value is -2.28. The van der Waals surface area contributed by atoms with Crippen LogP contribution >= 0.6 is 0 Å². The number of nitrogens with zero attached hydrogens (tertiary/aromatic N) is 2. The summed E-state index contributed by atoms with van der Waals surface area (Å²) in [5.74, 6) is -2.62. The van der Waals surface area contributed by atoms with Crippen LogP contribution in [0.5, 0.6) is 0 Å². The fraction of sp³-hybridized carbons (Fsp3) is 0.375. The molecule has 2 aromatic rings. The number of aromatic nitrogens is 2. The van der Waals surface area contributed by atoms with E-state index < -0.39 is 23.6 Å². The maximum Gasteiger partial charge on any atom is 0.307 e. The van der Waals surface area contributed by atoms with Gasteiger partial charge in [0.1, 0.15) is 0 Å².